The minimum atomic E-state index is -2.94. The number of nitrogens with one attached hydrogen (secondary N) is 1. The number of alkyl halides is 2. The highest BCUT2D eigenvalue weighted by molar-refractivity contribution is 5.92. The molecular weight excluding hydrogens is 242 g/mol. The van der Waals surface area contributed by atoms with Gasteiger partial charge in [0.1, 0.15) is 0 Å². The molecule has 1 amide bonds. The molecule has 4 nitrogen and oxygen atoms in total. The van der Waals surface area contributed by atoms with Crippen LogP contribution >= 0.6 is 0 Å². The average Bonchev–Trinajstić information content (AvgIpc) is 2.22. The van der Waals surface area contributed by atoms with E-state index in [1.807, 2.05) is 0 Å². The first-order valence-corrected chi connectivity index (χ1v) is 5.77. The van der Waals surface area contributed by atoms with Gasteiger partial charge >= 0.3 is 0 Å². The van der Waals surface area contributed by atoms with Crippen LogP contribution in [0.15, 0.2) is 0 Å². The van der Waals surface area contributed by atoms with Gasteiger partial charge in [0.25, 0.3) is 0 Å². The van der Waals surface area contributed by atoms with Gasteiger partial charge in [-0.2, -0.15) is 0 Å². The lowest BCUT2D eigenvalue weighted by Crippen LogP contribution is -2.56. The van der Waals surface area contributed by atoms with E-state index in [1.54, 1.807) is 13.8 Å². The predicted octanol–water partition coefficient (Wildman–Crippen LogP) is 1.45. The van der Waals surface area contributed by atoms with Crippen molar-refractivity contribution in [3.63, 3.8) is 0 Å². The van der Waals surface area contributed by atoms with Crippen LogP contribution in [0.25, 0.3) is 0 Å². The molecular formula is C12H22F2N2O2. The van der Waals surface area contributed by atoms with E-state index < -0.39 is 29.8 Å². The molecule has 106 valence electrons. The molecule has 0 aromatic heterocycles. The van der Waals surface area contributed by atoms with Crippen LogP contribution in [0.1, 0.15) is 34.1 Å². The number of carbonyl (C=O) groups is 2. The molecule has 0 aromatic rings. The predicted molar refractivity (Wildman–Crippen MR) is 65.6 cm³/mol. The fourth-order valence-corrected chi connectivity index (χ4v) is 1.42. The van der Waals surface area contributed by atoms with Crippen LogP contribution in [-0.2, 0) is 9.59 Å². The van der Waals surface area contributed by atoms with Crippen LogP contribution in [0.2, 0.25) is 0 Å². The summed E-state index contributed by atoms with van der Waals surface area (Å²) in [6.07, 6.45) is -0.597. The van der Waals surface area contributed by atoms with E-state index >= 15 is 0 Å². The smallest absolute Gasteiger partial charge is 0.247 e. The van der Waals surface area contributed by atoms with E-state index in [1.165, 1.54) is 25.9 Å². The zero-order valence-corrected chi connectivity index (χ0v) is 11.8. The maximum Gasteiger partial charge on any atom is 0.247 e. The summed E-state index contributed by atoms with van der Waals surface area (Å²) in [7, 11) is 2.89. The van der Waals surface area contributed by atoms with Crippen molar-refractivity contribution >= 4 is 11.7 Å². The third-order valence-corrected chi connectivity index (χ3v) is 3.24. The molecule has 0 bridgehead atoms. The summed E-state index contributed by atoms with van der Waals surface area (Å²) in [6, 6.07) is -1.01. The molecule has 0 rings (SSSR count). The van der Waals surface area contributed by atoms with Crippen LogP contribution in [-0.4, -0.2) is 48.2 Å². The number of amides is 1. The maximum atomic E-state index is 13.0. The van der Waals surface area contributed by atoms with Crippen LogP contribution in [0, 0.1) is 0 Å². The second-order valence-electron chi connectivity index (χ2n) is 5.13. The Hall–Kier alpha value is -1.04. The summed E-state index contributed by atoms with van der Waals surface area (Å²) in [4.78, 5) is 24.7. The van der Waals surface area contributed by atoms with Crippen molar-refractivity contribution in [3.05, 3.63) is 0 Å². The highest BCUT2D eigenvalue weighted by Gasteiger charge is 2.38. The number of carbonyl (C=O) groups excluding carboxylic acids is 2. The second-order valence-corrected chi connectivity index (χ2v) is 5.13. The van der Waals surface area contributed by atoms with Crippen molar-refractivity contribution in [3.8, 4) is 0 Å². The number of rotatable bonds is 6. The van der Waals surface area contributed by atoms with Gasteiger partial charge in [-0.05, 0) is 34.7 Å². The van der Waals surface area contributed by atoms with E-state index in [-0.39, 0.29) is 5.78 Å². The molecule has 0 saturated carbocycles. The molecule has 1 N–H and O–H groups in total. The number of hydrogen-bond acceptors (Lipinski definition) is 3. The van der Waals surface area contributed by atoms with Crippen molar-refractivity contribution in [2.45, 2.75) is 51.6 Å². The summed E-state index contributed by atoms with van der Waals surface area (Å²) < 4.78 is 25.9. The SMILES string of the molecule is CNC(CC(C)(F)F)C(=O)N(C)C(C)(C)C(C)=O. The molecule has 0 spiro atoms. The quantitative estimate of drug-likeness (QED) is 0.790. The van der Waals surface area contributed by atoms with E-state index in [0.717, 1.165) is 6.92 Å². The monoisotopic (exact) mass is 264 g/mol. The van der Waals surface area contributed by atoms with Crippen molar-refractivity contribution < 1.29 is 18.4 Å². The number of nitrogens with zero attached hydrogens (tertiary/aromatic N) is 1. The molecule has 6 heteroatoms. The van der Waals surface area contributed by atoms with Gasteiger partial charge < -0.3 is 10.2 Å². The Kier molecular flexibility index (Phi) is 5.40. The summed E-state index contributed by atoms with van der Waals surface area (Å²) in [5, 5.41) is 2.57. The van der Waals surface area contributed by atoms with Crippen LogP contribution in [0.4, 0.5) is 8.78 Å². The first kappa shape index (κ1) is 17.0. The molecule has 0 aliphatic rings. The topological polar surface area (TPSA) is 49.4 Å². The largest absolute Gasteiger partial charge is 0.332 e. The Balaban J connectivity index is 4.96. The van der Waals surface area contributed by atoms with Gasteiger partial charge in [0, 0.05) is 13.5 Å². The van der Waals surface area contributed by atoms with E-state index in [2.05, 4.69) is 5.32 Å². The van der Waals surface area contributed by atoms with Gasteiger partial charge in [-0.3, -0.25) is 9.59 Å². The van der Waals surface area contributed by atoms with Crippen molar-refractivity contribution in [2.24, 2.45) is 0 Å². The van der Waals surface area contributed by atoms with Gasteiger partial charge in [-0.15, -0.1) is 0 Å². The summed E-state index contributed by atoms with van der Waals surface area (Å²) in [5.74, 6) is -3.65. The summed E-state index contributed by atoms with van der Waals surface area (Å²) >= 11 is 0. The Bertz CT molecular complexity index is 325. The summed E-state index contributed by atoms with van der Waals surface area (Å²) in [6.45, 7) is 5.31. The zero-order valence-electron chi connectivity index (χ0n) is 11.8. The lowest BCUT2D eigenvalue weighted by molar-refractivity contribution is -0.145. The van der Waals surface area contributed by atoms with Crippen LogP contribution in [0.5, 0.6) is 0 Å². The first-order chi connectivity index (χ1) is 7.93. The highest BCUT2D eigenvalue weighted by atomic mass is 19.3. The molecule has 0 aliphatic heterocycles. The molecule has 1 unspecified atom stereocenters. The molecule has 0 heterocycles. The van der Waals surface area contributed by atoms with Crippen molar-refractivity contribution in [1.29, 1.82) is 0 Å². The van der Waals surface area contributed by atoms with Crippen molar-refractivity contribution in [2.75, 3.05) is 14.1 Å². The lowest BCUT2D eigenvalue weighted by atomic mass is 9.96. The Morgan fingerprint density at radius 3 is 2.00 bits per heavy atom. The van der Waals surface area contributed by atoms with E-state index in [4.69, 9.17) is 0 Å². The van der Waals surface area contributed by atoms with Crippen molar-refractivity contribution in [1.82, 2.24) is 10.2 Å². The minimum absolute atomic E-state index is 0.198. The third-order valence-electron chi connectivity index (χ3n) is 3.24. The second kappa shape index (κ2) is 5.73. The Labute approximate surface area is 107 Å². The zero-order chi connectivity index (χ0) is 14.7. The van der Waals surface area contributed by atoms with Crippen LogP contribution in [0.3, 0.4) is 0 Å². The molecule has 1 atom stereocenters. The number of ketones is 1. The van der Waals surface area contributed by atoms with E-state index in [9.17, 15) is 18.4 Å². The number of hydrogen-bond donors (Lipinski definition) is 1. The van der Waals surface area contributed by atoms with Gasteiger partial charge in [-0.1, -0.05) is 0 Å². The maximum absolute atomic E-state index is 13.0. The van der Waals surface area contributed by atoms with Gasteiger partial charge in [0.05, 0.1) is 11.6 Å². The summed E-state index contributed by atoms with van der Waals surface area (Å²) in [5.41, 5.74) is -1.00. The molecule has 0 aliphatic carbocycles. The molecule has 0 saturated heterocycles. The van der Waals surface area contributed by atoms with Crippen LogP contribution < -0.4 is 5.32 Å². The number of halogens is 2. The third kappa shape index (κ3) is 4.33. The highest BCUT2D eigenvalue weighted by Crippen LogP contribution is 2.22. The molecule has 0 radical (unpaired) electrons. The Morgan fingerprint density at radius 1 is 1.28 bits per heavy atom. The van der Waals surface area contributed by atoms with Gasteiger partial charge in [0.2, 0.25) is 11.8 Å². The fraction of sp³-hybridized carbons (Fsp3) is 0.833. The first-order valence-electron chi connectivity index (χ1n) is 5.77. The van der Waals surface area contributed by atoms with Gasteiger partial charge in [-0.25, -0.2) is 8.78 Å². The molecule has 18 heavy (non-hydrogen) atoms. The average molecular weight is 264 g/mol. The fourth-order valence-electron chi connectivity index (χ4n) is 1.42. The van der Waals surface area contributed by atoms with Gasteiger partial charge in [0.15, 0.2) is 5.78 Å². The number of Topliss-reactive ketones (excluding diaryl/α,β-unsaturated/α-hetero) is 1. The lowest BCUT2D eigenvalue weighted by Gasteiger charge is -2.36. The Morgan fingerprint density at radius 2 is 1.72 bits per heavy atom. The molecule has 0 aromatic carbocycles. The normalized spacial score (nSPS) is 14.2. The molecule has 0 fully saturated rings. The minimum Gasteiger partial charge on any atom is -0.332 e. The van der Waals surface area contributed by atoms with E-state index in [0.29, 0.717) is 0 Å². The standard InChI is InChI=1S/C12H22F2N2O2/c1-8(17)11(2,3)16(6)10(18)9(15-5)7-12(4,13)14/h9,15H,7H2,1-6H3. The number of likely N-dealkylation sites (N-methyl/N-ethyl adjacent to an activating group) is 2.